The Bertz CT molecular complexity index is 1170. The van der Waals surface area contributed by atoms with Crippen molar-refractivity contribution in [2.24, 2.45) is 0 Å². The van der Waals surface area contributed by atoms with E-state index in [2.05, 4.69) is 5.10 Å². The van der Waals surface area contributed by atoms with Crippen molar-refractivity contribution in [1.29, 1.82) is 0 Å². The number of ether oxygens (including phenoxy) is 1. The van der Waals surface area contributed by atoms with Crippen molar-refractivity contribution in [2.45, 2.75) is 38.6 Å². The molecule has 1 saturated carbocycles. The van der Waals surface area contributed by atoms with E-state index in [0.29, 0.717) is 33.6 Å². The Morgan fingerprint density at radius 3 is 2.43 bits per heavy atom. The van der Waals surface area contributed by atoms with Gasteiger partial charge in [0.05, 0.1) is 28.3 Å². The molecule has 30 heavy (non-hydrogen) atoms. The van der Waals surface area contributed by atoms with E-state index in [0.717, 1.165) is 23.4 Å². The molecule has 1 aromatic carbocycles. The van der Waals surface area contributed by atoms with Gasteiger partial charge >= 0.3 is 5.97 Å². The molecule has 2 aliphatic rings. The van der Waals surface area contributed by atoms with Gasteiger partial charge in [-0.3, -0.25) is 9.59 Å². The zero-order chi connectivity index (χ0) is 21.0. The number of imide groups is 1. The largest absolute Gasteiger partial charge is 0.440 e. The molecule has 0 bridgehead atoms. The number of hydrogen-bond donors (Lipinski definition) is 0. The lowest BCUT2D eigenvalue weighted by molar-refractivity contribution is 0.0229. The third-order valence-corrected chi connectivity index (χ3v) is 5.49. The molecule has 0 unspecified atom stereocenters. The Labute approximate surface area is 172 Å². The highest BCUT2D eigenvalue weighted by atomic mass is 16.5. The zero-order valence-corrected chi connectivity index (χ0v) is 16.7. The lowest BCUT2D eigenvalue weighted by Gasteiger charge is -2.15. The number of nitrogens with zero attached hydrogens (tertiary/aromatic N) is 4. The second-order valence-corrected chi connectivity index (χ2v) is 7.93. The number of amides is 2. The first kappa shape index (κ1) is 18.5. The summed E-state index contributed by atoms with van der Waals surface area (Å²) in [6.07, 6.45) is 3.69. The van der Waals surface area contributed by atoms with E-state index in [1.165, 1.54) is 0 Å². The molecule has 8 nitrogen and oxygen atoms in total. The minimum Gasteiger partial charge on any atom is -0.440 e. The summed E-state index contributed by atoms with van der Waals surface area (Å²) in [7, 11) is 0. The summed E-state index contributed by atoms with van der Waals surface area (Å²) in [6.45, 7) is 3.56. The summed E-state index contributed by atoms with van der Waals surface area (Å²) in [5.74, 6) is -1.19. The number of esters is 1. The first-order valence-electron chi connectivity index (χ1n) is 9.96. The van der Waals surface area contributed by atoms with E-state index in [4.69, 9.17) is 9.72 Å². The van der Waals surface area contributed by atoms with Crippen molar-refractivity contribution in [3.8, 4) is 0 Å². The standard InChI is InChI=1S/C22H20N4O4/c1-12(2)26-19-17(10-23-26)16(9-18(24-19)13-7-8-13)22(29)30-11-25-20(27)14-5-3-4-6-15(14)21(25)28/h3-6,9-10,12-13H,7-8,11H2,1-2H3. The molecule has 2 amide bonds. The fraction of sp³-hybridized carbons (Fsp3) is 0.318. The minimum absolute atomic E-state index is 0.0895. The average Bonchev–Trinajstić information content (AvgIpc) is 3.46. The Balaban J connectivity index is 1.43. The number of benzene rings is 1. The van der Waals surface area contributed by atoms with Gasteiger partial charge in [0.15, 0.2) is 12.4 Å². The maximum Gasteiger partial charge on any atom is 0.340 e. The molecule has 0 spiro atoms. The van der Waals surface area contributed by atoms with Gasteiger partial charge in [-0.15, -0.1) is 0 Å². The summed E-state index contributed by atoms with van der Waals surface area (Å²) in [5, 5.41) is 4.97. The number of hydrogen-bond acceptors (Lipinski definition) is 6. The van der Waals surface area contributed by atoms with Gasteiger partial charge in [-0.2, -0.15) is 5.10 Å². The fourth-order valence-corrected chi connectivity index (χ4v) is 3.73. The summed E-state index contributed by atoms with van der Waals surface area (Å²) < 4.78 is 7.18. The van der Waals surface area contributed by atoms with E-state index >= 15 is 0 Å². The maximum atomic E-state index is 12.9. The molecule has 3 heterocycles. The number of fused-ring (bicyclic) bond motifs is 2. The quantitative estimate of drug-likeness (QED) is 0.478. The topological polar surface area (TPSA) is 94.4 Å². The van der Waals surface area contributed by atoms with Crippen LogP contribution in [0.15, 0.2) is 36.5 Å². The van der Waals surface area contributed by atoms with Crippen LogP contribution in [0.1, 0.15) is 75.4 Å². The second-order valence-electron chi connectivity index (χ2n) is 7.93. The van der Waals surface area contributed by atoms with Gasteiger partial charge < -0.3 is 4.74 Å². The van der Waals surface area contributed by atoms with Gasteiger partial charge in [0, 0.05) is 17.7 Å². The first-order valence-corrected chi connectivity index (χ1v) is 9.96. The van der Waals surface area contributed by atoms with Gasteiger partial charge in [0.2, 0.25) is 0 Å². The number of carbonyl (C=O) groups is 3. The summed E-state index contributed by atoms with van der Waals surface area (Å²) >= 11 is 0. The molecule has 1 aliphatic heterocycles. The normalized spacial score (nSPS) is 15.9. The molecule has 0 radical (unpaired) electrons. The van der Waals surface area contributed by atoms with Crippen LogP contribution in [-0.2, 0) is 4.74 Å². The SMILES string of the molecule is CC(C)n1ncc2c(C(=O)OCN3C(=O)c4ccccc4C3=O)cc(C3CC3)nc21. The van der Waals surface area contributed by atoms with Crippen LogP contribution in [0.3, 0.4) is 0 Å². The van der Waals surface area contributed by atoms with Crippen molar-refractivity contribution in [1.82, 2.24) is 19.7 Å². The highest BCUT2D eigenvalue weighted by Crippen LogP contribution is 2.40. The van der Waals surface area contributed by atoms with Crippen LogP contribution >= 0.6 is 0 Å². The summed E-state index contributed by atoms with van der Waals surface area (Å²) in [5.41, 5.74) is 2.48. The Morgan fingerprint density at radius 1 is 1.17 bits per heavy atom. The van der Waals surface area contributed by atoms with Crippen LogP contribution in [0.4, 0.5) is 0 Å². The second kappa shape index (κ2) is 6.76. The van der Waals surface area contributed by atoms with Crippen molar-refractivity contribution in [3.63, 3.8) is 0 Å². The van der Waals surface area contributed by atoms with Crippen LogP contribution in [0, 0.1) is 0 Å². The number of aromatic nitrogens is 3. The molecule has 8 heteroatoms. The molecule has 0 N–H and O–H groups in total. The first-order chi connectivity index (χ1) is 14.5. The van der Waals surface area contributed by atoms with Gasteiger partial charge in [-0.05, 0) is 44.9 Å². The van der Waals surface area contributed by atoms with Gasteiger partial charge in [0.25, 0.3) is 11.8 Å². The Morgan fingerprint density at radius 2 is 1.83 bits per heavy atom. The van der Waals surface area contributed by atoms with E-state index < -0.39 is 24.5 Å². The van der Waals surface area contributed by atoms with E-state index in [1.807, 2.05) is 13.8 Å². The summed E-state index contributed by atoms with van der Waals surface area (Å²) in [6, 6.07) is 8.40. The molecule has 5 rings (SSSR count). The van der Waals surface area contributed by atoms with Crippen LogP contribution in [0.25, 0.3) is 11.0 Å². The molecule has 2 aromatic heterocycles. The molecule has 1 aliphatic carbocycles. The molecule has 3 aromatic rings. The molecular weight excluding hydrogens is 384 g/mol. The van der Waals surface area contributed by atoms with Gasteiger partial charge in [-0.1, -0.05) is 12.1 Å². The highest BCUT2D eigenvalue weighted by molar-refractivity contribution is 6.21. The summed E-state index contributed by atoms with van der Waals surface area (Å²) in [4.78, 5) is 43.6. The number of carbonyl (C=O) groups excluding carboxylic acids is 3. The predicted octanol–water partition coefficient (Wildman–Crippen LogP) is 3.30. The van der Waals surface area contributed by atoms with E-state index in [1.54, 1.807) is 41.2 Å². The van der Waals surface area contributed by atoms with Crippen LogP contribution in [0.5, 0.6) is 0 Å². The van der Waals surface area contributed by atoms with Crippen LogP contribution in [0.2, 0.25) is 0 Å². The number of rotatable bonds is 5. The van der Waals surface area contributed by atoms with Gasteiger partial charge in [-0.25, -0.2) is 19.4 Å². The Hall–Kier alpha value is -3.55. The van der Waals surface area contributed by atoms with E-state index in [9.17, 15) is 14.4 Å². The minimum atomic E-state index is -0.607. The molecule has 0 saturated heterocycles. The van der Waals surface area contributed by atoms with Crippen LogP contribution < -0.4 is 0 Å². The van der Waals surface area contributed by atoms with Gasteiger partial charge in [0.1, 0.15) is 0 Å². The number of pyridine rings is 1. The van der Waals surface area contributed by atoms with Crippen molar-refractivity contribution < 1.29 is 19.1 Å². The lowest BCUT2D eigenvalue weighted by Crippen LogP contribution is -2.33. The molecular formula is C22H20N4O4. The van der Waals surface area contributed by atoms with Crippen molar-refractivity contribution >= 4 is 28.8 Å². The van der Waals surface area contributed by atoms with Crippen LogP contribution in [-0.4, -0.2) is 44.2 Å². The molecule has 152 valence electrons. The Kier molecular flexibility index (Phi) is 4.16. The van der Waals surface area contributed by atoms with E-state index in [-0.39, 0.29) is 6.04 Å². The molecule has 0 atom stereocenters. The third kappa shape index (κ3) is 2.87. The predicted molar refractivity (Wildman–Crippen MR) is 107 cm³/mol. The highest BCUT2D eigenvalue weighted by Gasteiger charge is 2.36. The average molecular weight is 404 g/mol. The molecule has 1 fully saturated rings. The smallest absolute Gasteiger partial charge is 0.340 e. The van der Waals surface area contributed by atoms with Crippen molar-refractivity contribution in [2.75, 3.05) is 6.73 Å². The monoisotopic (exact) mass is 404 g/mol. The fourth-order valence-electron chi connectivity index (χ4n) is 3.73. The third-order valence-electron chi connectivity index (χ3n) is 5.49. The zero-order valence-electron chi connectivity index (χ0n) is 16.7. The maximum absolute atomic E-state index is 12.9. The lowest BCUT2D eigenvalue weighted by atomic mass is 10.1. The van der Waals surface area contributed by atoms with Crippen molar-refractivity contribution in [3.05, 3.63) is 58.9 Å².